The van der Waals surface area contributed by atoms with Crippen molar-refractivity contribution in [1.82, 2.24) is 10.4 Å². The van der Waals surface area contributed by atoms with Gasteiger partial charge < -0.3 is 10.6 Å². The monoisotopic (exact) mass is 311 g/mol. The van der Waals surface area contributed by atoms with Crippen LogP contribution < -0.4 is 11.3 Å². The van der Waals surface area contributed by atoms with E-state index in [0.717, 1.165) is 11.9 Å². The van der Waals surface area contributed by atoms with Crippen molar-refractivity contribution < 1.29 is 22.3 Å². The summed E-state index contributed by atoms with van der Waals surface area (Å²) in [5.41, 5.74) is 2.41. The Bertz CT molecular complexity index is 444. The molecule has 0 rings (SSSR count). The molecule has 120 valence electrons. The van der Waals surface area contributed by atoms with Crippen LogP contribution in [0.3, 0.4) is 0 Å². The highest BCUT2D eigenvalue weighted by atomic mass is 19.4. The first-order valence-corrected chi connectivity index (χ1v) is 5.63. The first kappa shape index (κ1) is 18.7. The molecule has 0 aliphatic rings. The number of nitrogens with two attached hydrogens (primary N) is 1. The predicted octanol–water partition coefficient (Wildman–Crippen LogP) is 1.69. The number of rotatable bonds is 6. The zero-order chi connectivity index (χ0) is 16.6. The number of aliphatic imine (C=N–C) groups is 1. The Kier molecular flexibility index (Phi) is 7.25. The largest absolute Gasteiger partial charge is 0.463 e. The summed E-state index contributed by atoms with van der Waals surface area (Å²) in [5, 5.41) is 4.12. The lowest BCUT2D eigenvalue weighted by atomic mass is 10.4. The summed E-state index contributed by atoms with van der Waals surface area (Å²) >= 11 is 0. The van der Waals surface area contributed by atoms with E-state index in [1.807, 2.05) is 0 Å². The average Bonchev–Trinajstić information content (AvgIpc) is 2.41. The van der Waals surface area contributed by atoms with Crippen LogP contribution in [0.5, 0.6) is 0 Å². The van der Waals surface area contributed by atoms with Crippen molar-refractivity contribution in [3.05, 3.63) is 24.4 Å². The summed E-state index contributed by atoms with van der Waals surface area (Å²) in [4.78, 5) is 3.61. The van der Waals surface area contributed by atoms with Crippen molar-refractivity contribution in [2.75, 3.05) is 14.1 Å². The zero-order valence-corrected chi connectivity index (χ0v) is 11.8. The molecular formula is C11H17F4N5O. The zero-order valence-electron chi connectivity index (χ0n) is 11.8. The van der Waals surface area contributed by atoms with Crippen LogP contribution in [0.25, 0.3) is 0 Å². The minimum Gasteiger partial charge on any atom is -0.463 e. The van der Waals surface area contributed by atoms with Crippen molar-refractivity contribution >= 4 is 12.1 Å². The molecule has 6 nitrogen and oxygen atoms in total. The number of amidine groups is 1. The molecule has 3 N–H and O–H groups in total. The van der Waals surface area contributed by atoms with Crippen molar-refractivity contribution in [3.8, 4) is 0 Å². The van der Waals surface area contributed by atoms with Gasteiger partial charge in [-0.05, 0) is 13.0 Å². The Balaban J connectivity index is 5.24. The van der Waals surface area contributed by atoms with E-state index in [4.69, 9.17) is 5.84 Å². The molecule has 0 amide bonds. The molecule has 0 unspecified atom stereocenters. The Morgan fingerprint density at radius 1 is 1.48 bits per heavy atom. The standard InChI is InChI=1S/C11H17F4N5O/c1-5-8(12)10(21-7(2)11(13,14)15)20(4)19-9(18-16)6-17-3/h5-7H,1,16H2,2-4H3,(H,18,19)/b10-8-,17-6?/t7-/m1/s1. The van der Waals surface area contributed by atoms with Crippen LogP contribution >= 0.6 is 0 Å². The van der Waals surface area contributed by atoms with Gasteiger partial charge in [0.05, 0.1) is 6.21 Å². The number of alkyl halides is 3. The fraction of sp³-hybridized carbons (Fsp3) is 0.455. The minimum absolute atomic E-state index is 0.0161. The number of allylic oxidation sites excluding steroid dienone is 2. The molecule has 0 aliphatic heterocycles. The normalized spacial score (nSPS) is 15.5. The lowest BCUT2D eigenvalue weighted by Gasteiger charge is -2.27. The number of hydrazone groups is 1. The number of hydrogen-bond acceptors (Lipinski definition) is 5. The van der Waals surface area contributed by atoms with Crippen molar-refractivity contribution in [3.63, 3.8) is 0 Å². The summed E-state index contributed by atoms with van der Waals surface area (Å²) in [6.07, 6.45) is -4.97. The Morgan fingerprint density at radius 3 is 2.43 bits per heavy atom. The van der Waals surface area contributed by atoms with Crippen LogP contribution in [-0.4, -0.2) is 43.4 Å². The highest BCUT2D eigenvalue weighted by Gasteiger charge is 2.39. The van der Waals surface area contributed by atoms with Gasteiger partial charge in [-0.1, -0.05) is 6.58 Å². The quantitative estimate of drug-likeness (QED) is 0.149. The summed E-state index contributed by atoms with van der Waals surface area (Å²) in [7, 11) is 2.65. The number of ether oxygens (including phenoxy) is 1. The number of nitrogens with zero attached hydrogens (tertiary/aromatic N) is 3. The molecule has 21 heavy (non-hydrogen) atoms. The number of hydrazine groups is 1. The van der Waals surface area contributed by atoms with E-state index in [1.54, 1.807) is 0 Å². The van der Waals surface area contributed by atoms with Crippen LogP contribution in [0.4, 0.5) is 17.6 Å². The van der Waals surface area contributed by atoms with Gasteiger partial charge in [0.15, 0.2) is 17.8 Å². The van der Waals surface area contributed by atoms with E-state index in [2.05, 4.69) is 26.8 Å². The molecule has 0 fully saturated rings. The van der Waals surface area contributed by atoms with Crippen LogP contribution in [-0.2, 0) is 4.74 Å². The number of hydrogen-bond donors (Lipinski definition) is 2. The van der Waals surface area contributed by atoms with Gasteiger partial charge >= 0.3 is 6.18 Å². The van der Waals surface area contributed by atoms with Crippen molar-refractivity contribution in [2.24, 2.45) is 15.9 Å². The van der Waals surface area contributed by atoms with Crippen LogP contribution in [0.1, 0.15) is 6.92 Å². The maximum Gasteiger partial charge on any atom is 0.425 e. The third-order valence-electron chi connectivity index (χ3n) is 2.11. The molecule has 0 saturated carbocycles. The first-order chi connectivity index (χ1) is 9.67. The van der Waals surface area contributed by atoms with E-state index >= 15 is 0 Å². The van der Waals surface area contributed by atoms with E-state index in [9.17, 15) is 17.6 Å². The molecule has 0 aromatic rings. The topological polar surface area (TPSA) is 75.2 Å². The summed E-state index contributed by atoms with van der Waals surface area (Å²) in [5.74, 6) is 3.21. The number of halogens is 4. The molecule has 0 saturated heterocycles. The molecule has 0 heterocycles. The second-order valence-electron chi connectivity index (χ2n) is 3.73. The van der Waals surface area contributed by atoms with Gasteiger partial charge in [0, 0.05) is 14.1 Å². The Hall–Kier alpha value is -2.26. The molecule has 0 spiro atoms. The molecule has 0 aromatic carbocycles. The van der Waals surface area contributed by atoms with Gasteiger partial charge in [0.2, 0.25) is 5.88 Å². The van der Waals surface area contributed by atoms with E-state index in [-0.39, 0.29) is 5.84 Å². The maximum absolute atomic E-state index is 13.6. The first-order valence-electron chi connectivity index (χ1n) is 5.63. The summed E-state index contributed by atoms with van der Waals surface area (Å²) < 4.78 is 55.7. The molecule has 0 bridgehead atoms. The smallest absolute Gasteiger partial charge is 0.425 e. The minimum atomic E-state index is -4.65. The van der Waals surface area contributed by atoms with E-state index in [0.29, 0.717) is 6.08 Å². The van der Waals surface area contributed by atoms with Crippen LogP contribution in [0.2, 0.25) is 0 Å². The van der Waals surface area contributed by atoms with E-state index in [1.165, 1.54) is 20.3 Å². The third kappa shape index (κ3) is 6.15. The van der Waals surface area contributed by atoms with Gasteiger partial charge in [-0.25, -0.2) is 4.39 Å². The molecule has 0 aromatic heterocycles. The fourth-order valence-corrected chi connectivity index (χ4v) is 1.05. The highest BCUT2D eigenvalue weighted by molar-refractivity contribution is 6.29. The highest BCUT2D eigenvalue weighted by Crippen LogP contribution is 2.26. The molecular weight excluding hydrogens is 294 g/mol. The lowest BCUT2D eigenvalue weighted by Crippen LogP contribution is -2.43. The summed E-state index contributed by atoms with van der Waals surface area (Å²) in [6.45, 7) is 3.88. The second kappa shape index (κ2) is 8.12. The second-order valence-corrected chi connectivity index (χ2v) is 3.73. The van der Waals surface area contributed by atoms with Gasteiger partial charge in [-0.3, -0.25) is 15.4 Å². The summed E-state index contributed by atoms with van der Waals surface area (Å²) in [6, 6.07) is 0. The number of nitrogens with one attached hydrogen (secondary N) is 1. The SMILES string of the molecule is C=C/C(F)=C(/O[C@H](C)C(F)(F)F)N(C)NC(C=NC)=NN. The fourth-order valence-electron chi connectivity index (χ4n) is 1.05. The molecule has 10 heteroatoms. The predicted molar refractivity (Wildman–Crippen MR) is 71.9 cm³/mol. The Labute approximate surface area is 119 Å². The molecule has 1 atom stereocenters. The molecule has 0 radical (unpaired) electrons. The average molecular weight is 311 g/mol. The van der Waals surface area contributed by atoms with Crippen molar-refractivity contribution in [1.29, 1.82) is 0 Å². The van der Waals surface area contributed by atoms with Crippen LogP contribution in [0.15, 0.2) is 34.5 Å². The van der Waals surface area contributed by atoms with Crippen LogP contribution in [0, 0.1) is 0 Å². The van der Waals surface area contributed by atoms with Gasteiger partial charge in [-0.15, -0.1) is 0 Å². The van der Waals surface area contributed by atoms with Gasteiger partial charge in [0.1, 0.15) is 0 Å². The molecule has 0 aliphatic carbocycles. The Morgan fingerprint density at radius 2 is 2.05 bits per heavy atom. The maximum atomic E-state index is 13.6. The van der Waals surface area contributed by atoms with E-state index < -0.39 is 24.0 Å². The van der Waals surface area contributed by atoms with Gasteiger partial charge in [-0.2, -0.15) is 18.3 Å². The van der Waals surface area contributed by atoms with Gasteiger partial charge in [0.25, 0.3) is 0 Å². The lowest BCUT2D eigenvalue weighted by molar-refractivity contribution is -0.209. The van der Waals surface area contributed by atoms with Crippen molar-refractivity contribution in [2.45, 2.75) is 19.2 Å². The third-order valence-corrected chi connectivity index (χ3v) is 2.11.